The van der Waals surface area contributed by atoms with Gasteiger partial charge in [0.15, 0.2) is 5.65 Å². The van der Waals surface area contributed by atoms with Gasteiger partial charge in [-0.3, -0.25) is 4.40 Å². The Morgan fingerprint density at radius 3 is 2.59 bits per heavy atom. The lowest BCUT2D eigenvalue weighted by Gasteiger charge is -2.04. The Morgan fingerprint density at radius 2 is 1.91 bits per heavy atom. The molecular weight excluding hydrogens is 282 g/mol. The third kappa shape index (κ3) is 2.63. The van der Waals surface area contributed by atoms with Crippen molar-refractivity contribution in [2.75, 3.05) is 14.2 Å². The summed E-state index contributed by atoms with van der Waals surface area (Å²) < 4.78 is 11.7. The van der Waals surface area contributed by atoms with Gasteiger partial charge in [0.1, 0.15) is 11.6 Å². The van der Waals surface area contributed by atoms with Gasteiger partial charge < -0.3 is 9.47 Å². The number of methoxy groups -OCH3 is 2. The molecule has 0 bridgehead atoms. The maximum Gasteiger partial charge on any atom is 0.338 e. The van der Waals surface area contributed by atoms with E-state index in [0.717, 1.165) is 17.1 Å². The number of nitrogens with zero attached hydrogens (tertiary/aromatic N) is 3. The zero-order chi connectivity index (χ0) is 15.5. The molecule has 112 valence electrons. The molecule has 2 aromatic heterocycles. The van der Waals surface area contributed by atoms with E-state index in [1.54, 1.807) is 25.4 Å². The van der Waals surface area contributed by atoms with E-state index >= 15 is 0 Å². The van der Waals surface area contributed by atoms with E-state index in [4.69, 9.17) is 9.47 Å². The molecule has 1 aromatic carbocycles. The van der Waals surface area contributed by atoms with E-state index in [0.29, 0.717) is 17.6 Å². The molecule has 22 heavy (non-hydrogen) atoms. The Hall–Kier alpha value is -2.89. The van der Waals surface area contributed by atoms with Crippen molar-refractivity contribution in [1.29, 1.82) is 0 Å². The molecule has 2 heterocycles. The first kappa shape index (κ1) is 14.1. The predicted octanol–water partition coefficient (Wildman–Crippen LogP) is 2.12. The number of aromatic nitrogens is 3. The largest absolute Gasteiger partial charge is 0.497 e. The van der Waals surface area contributed by atoms with Crippen molar-refractivity contribution >= 4 is 11.6 Å². The Kier molecular flexibility index (Phi) is 3.74. The Morgan fingerprint density at radius 1 is 1.14 bits per heavy atom. The second-order valence-electron chi connectivity index (χ2n) is 4.78. The Labute approximate surface area is 127 Å². The van der Waals surface area contributed by atoms with Gasteiger partial charge in [-0.15, -0.1) is 10.2 Å². The van der Waals surface area contributed by atoms with Crippen LogP contribution in [0.2, 0.25) is 0 Å². The third-order valence-electron chi connectivity index (χ3n) is 3.42. The van der Waals surface area contributed by atoms with E-state index in [2.05, 4.69) is 10.2 Å². The van der Waals surface area contributed by atoms with Crippen LogP contribution in [-0.2, 0) is 11.2 Å². The fourth-order valence-corrected chi connectivity index (χ4v) is 2.23. The van der Waals surface area contributed by atoms with Crippen LogP contribution in [0.15, 0.2) is 42.6 Å². The summed E-state index contributed by atoms with van der Waals surface area (Å²) in [7, 11) is 2.99. The summed E-state index contributed by atoms with van der Waals surface area (Å²) in [6, 6.07) is 11.2. The summed E-state index contributed by atoms with van der Waals surface area (Å²) in [5.41, 5.74) is 2.18. The van der Waals surface area contributed by atoms with Gasteiger partial charge in [-0.1, -0.05) is 12.1 Å². The summed E-state index contributed by atoms with van der Waals surface area (Å²) in [6.45, 7) is 0. The highest BCUT2D eigenvalue weighted by Gasteiger charge is 2.10. The zero-order valence-corrected chi connectivity index (χ0v) is 12.3. The van der Waals surface area contributed by atoms with Crippen molar-refractivity contribution in [3.8, 4) is 5.75 Å². The van der Waals surface area contributed by atoms with Crippen molar-refractivity contribution in [3.63, 3.8) is 0 Å². The first-order chi connectivity index (χ1) is 10.7. The standard InChI is InChI=1S/C16H15N3O3/c1-21-13-5-3-11(4-6-13)9-14-17-18-15-10-12(16(20)22-2)7-8-19(14)15/h3-8,10H,9H2,1-2H3. The zero-order valence-electron chi connectivity index (χ0n) is 12.3. The van der Waals surface area contributed by atoms with E-state index in [1.165, 1.54) is 7.11 Å². The van der Waals surface area contributed by atoms with Gasteiger partial charge in [-0.25, -0.2) is 4.79 Å². The molecule has 0 aliphatic heterocycles. The highest BCUT2D eigenvalue weighted by atomic mass is 16.5. The highest BCUT2D eigenvalue weighted by Crippen LogP contribution is 2.15. The van der Waals surface area contributed by atoms with Gasteiger partial charge in [-0.05, 0) is 29.8 Å². The van der Waals surface area contributed by atoms with Crippen LogP contribution < -0.4 is 4.74 Å². The fraction of sp³-hybridized carbons (Fsp3) is 0.188. The van der Waals surface area contributed by atoms with Gasteiger partial charge in [0.2, 0.25) is 0 Å². The molecule has 0 saturated heterocycles. The maximum atomic E-state index is 11.5. The lowest BCUT2D eigenvalue weighted by molar-refractivity contribution is 0.0600. The van der Waals surface area contributed by atoms with Crippen LogP contribution in [0.4, 0.5) is 0 Å². The average molecular weight is 297 g/mol. The van der Waals surface area contributed by atoms with Crippen molar-refractivity contribution in [1.82, 2.24) is 14.6 Å². The lowest BCUT2D eigenvalue weighted by Crippen LogP contribution is -2.03. The van der Waals surface area contributed by atoms with Crippen LogP contribution in [-0.4, -0.2) is 34.8 Å². The van der Waals surface area contributed by atoms with Crippen molar-refractivity contribution in [2.45, 2.75) is 6.42 Å². The number of fused-ring (bicyclic) bond motifs is 1. The Bertz CT molecular complexity index is 809. The van der Waals surface area contributed by atoms with Crippen LogP contribution in [0.3, 0.4) is 0 Å². The molecule has 0 unspecified atom stereocenters. The summed E-state index contributed by atoms with van der Waals surface area (Å²) >= 11 is 0. The molecule has 6 heteroatoms. The first-order valence-corrected chi connectivity index (χ1v) is 6.76. The molecule has 0 saturated carbocycles. The second kappa shape index (κ2) is 5.85. The van der Waals surface area contributed by atoms with Gasteiger partial charge >= 0.3 is 5.97 Å². The molecule has 0 aliphatic rings. The van der Waals surface area contributed by atoms with E-state index in [-0.39, 0.29) is 5.97 Å². The normalized spacial score (nSPS) is 10.6. The number of carbonyl (C=O) groups excluding carboxylic acids is 1. The summed E-state index contributed by atoms with van der Waals surface area (Å²) in [6.07, 6.45) is 2.42. The number of hydrogen-bond acceptors (Lipinski definition) is 5. The molecule has 0 spiro atoms. The smallest absolute Gasteiger partial charge is 0.338 e. The van der Waals surface area contributed by atoms with E-state index in [1.807, 2.05) is 28.7 Å². The average Bonchev–Trinajstić information content (AvgIpc) is 2.97. The van der Waals surface area contributed by atoms with Crippen LogP contribution in [0, 0.1) is 0 Å². The second-order valence-corrected chi connectivity index (χ2v) is 4.78. The molecule has 3 aromatic rings. The number of esters is 1. The number of benzene rings is 1. The number of pyridine rings is 1. The minimum Gasteiger partial charge on any atom is -0.497 e. The van der Waals surface area contributed by atoms with Gasteiger partial charge in [0, 0.05) is 12.6 Å². The minimum atomic E-state index is -0.387. The molecule has 0 amide bonds. The monoisotopic (exact) mass is 297 g/mol. The van der Waals surface area contributed by atoms with Crippen LogP contribution in [0.5, 0.6) is 5.75 Å². The molecule has 0 aliphatic carbocycles. The first-order valence-electron chi connectivity index (χ1n) is 6.76. The summed E-state index contributed by atoms with van der Waals surface area (Å²) in [5, 5.41) is 8.30. The molecule has 0 N–H and O–H groups in total. The molecule has 6 nitrogen and oxygen atoms in total. The molecular formula is C16H15N3O3. The van der Waals surface area contributed by atoms with Gasteiger partial charge in [0.25, 0.3) is 0 Å². The van der Waals surface area contributed by atoms with E-state index < -0.39 is 0 Å². The van der Waals surface area contributed by atoms with E-state index in [9.17, 15) is 4.79 Å². The minimum absolute atomic E-state index is 0.387. The number of ether oxygens (including phenoxy) is 2. The van der Waals surface area contributed by atoms with Crippen LogP contribution in [0.25, 0.3) is 5.65 Å². The number of hydrogen-bond donors (Lipinski definition) is 0. The fourth-order valence-electron chi connectivity index (χ4n) is 2.23. The maximum absolute atomic E-state index is 11.5. The highest BCUT2D eigenvalue weighted by molar-refractivity contribution is 5.90. The number of carbonyl (C=O) groups is 1. The summed E-state index contributed by atoms with van der Waals surface area (Å²) in [4.78, 5) is 11.5. The van der Waals surface area contributed by atoms with Crippen molar-refractivity contribution in [3.05, 3.63) is 59.5 Å². The lowest BCUT2D eigenvalue weighted by atomic mass is 10.1. The van der Waals surface area contributed by atoms with Gasteiger partial charge in [0.05, 0.1) is 19.8 Å². The van der Waals surface area contributed by atoms with Crippen LogP contribution in [0.1, 0.15) is 21.7 Å². The van der Waals surface area contributed by atoms with Crippen LogP contribution >= 0.6 is 0 Å². The molecule has 0 fully saturated rings. The SMILES string of the molecule is COC(=O)c1ccn2c(Cc3ccc(OC)cc3)nnc2c1. The van der Waals surface area contributed by atoms with Crippen molar-refractivity contribution < 1.29 is 14.3 Å². The quantitative estimate of drug-likeness (QED) is 0.690. The summed E-state index contributed by atoms with van der Waals surface area (Å²) in [5.74, 6) is 1.23. The third-order valence-corrected chi connectivity index (χ3v) is 3.42. The van der Waals surface area contributed by atoms with Crippen molar-refractivity contribution in [2.24, 2.45) is 0 Å². The predicted molar refractivity (Wildman–Crippen MR) is 80.1 cm³/mol. The molecule has 0 radical (unpaired) electrons. The number of rotatable bonds is 4. The van der Waals surface area contributed by atoms with Gasteiger partial charge in [-0.2, -0.15) is 0 Å². The topological polar surface area (TPSA) is 65.7 Å². The molecule has 3 rings (SSSR count). The Balaban J connectivity index is 1.89. The molecule has 0 atom stereocenters.